The van der Waals surface area contributed by atoms with Crippen LogP contribution in [0.5, 0.6) is 0 Å². The maximum atomic E-state index is 10.7. The lowest BCUT2D eigenvalue weighted by Crippen LogP contribution is -2.02. The Balaban J connectivity index is 2.51. The topological polar surface area (TPSA) is 37.3 Å². The first kappa shape index (κ1) is 14.6. The summed E-state index contributed by atoms with van der Waals surface area (Å²) >= 11 is 4.02. The van der Waals surface area contributed by atoms with Crippen LogP contribution in [0.15, 0.2) is 11.0 Å². The van der Waals surface area contributed by atoms with Crippen LogP contribution in [0.4, 0.5) is 0 Å². The first-order valence-corrected chi connectivity index (χ1v) is 7.22. The molecule has 0 aliphatic heterocycles. The Morgan fingerprint density at radius 3 is 2.47 bits per heavy atom. The van der Waals surface area contributed by atoms with Crippen LogP contribution in [0.1, 0.15) is 58.3 Å². The summed E-state index contributed by atoms with van der Waals surface area (Å²) in [7, 11) is 0. The summed E-state index contributed by atoms with van der Waals surface area (Å²) in [5.41, 5.74) is 0. The van der Waals surface area contributed by atoms with Gasteiger partial charge in [0.25, 0.3) is 0 Å². The highest BCUT2D eigenvalue weighted by Crippen LogP contribution is 2.28. The fourth-order valence-corrected chi connectivity index (χ4v) is 2.88. The smallest absolute Gasteiger partial charge is 0.341 e. The van der Waals surface area contributed by atoms with Gasteiger partial charge < -0.3 is 5.11 Å². The van der Waals surface area contributed by atoms with Crippen LogP contribution in [0, 0.1) is 11.8 Å². The fraction of sp³-hybridized carbons (Fsp3) is 0.786. The summed E-state index contributed by atoms with van der Waals surface area (Å²) in [4.78, 5) is 11.0. The van der Waals surface area contributed by atoms with Crippen molar-refractivity contribution in [2.24, 2.45) is 11.8 Å². The number of hydrogen-bond donors (Lipinski definition) is 2. The molecular formula is C14H24O2S. The minimum Gasteiger partial charge on any atom is -0.477 e. The molecule has 0 saturated heterocycles. The van der Waals surface area contributed by atoms with Crippen molar-refractivity contribution in [2.75, 3.05) is 0 Å². The van der Waals surface area contributed by atoms with Crippen molar-refractivity contribution in [1.82, 2.24) is 0 Å². The van der Waals surface area contributed by atoms with E-state index in [9.17, 15) is 4.79 Å². The highest BCUT2D eigenvalue weighted by Gasteiger charge is 2.14. The molecular weight excluding hydrogens is 232 g/mol. The lowest BCUT2D eigenvalue weighted by molar-refractivity contribution is -0.131. The molecule has 2 nitrogen and oxygen atoms in total. The zero-order chi connectivity index (χ0) is 12.7. The van der Waals surface area contributed by atoms with Gasteiger partial charge in [0.2, 0.25) is 0 Å². The van der Waals surface area contributed by atoms with Gasteiger partial charge in [-0.15, -0.1) is 12.6 Å². The number of carbonyl (C=O) groups is 1. The van der Waals surface area contributed by atoms with Crippen LogP contribution in [0.3, 0.4) is 0 Å². The number of carboxylic acid groups (broad SMARTS) is 1. The average molecular weight is 256 g/mol. The zero-order valence-electron chi connectivity index (χ0n) is 10.7. The molecule has 0 spiro atoms. The van der Waals surface area contributed by atoms with E-state index in [1.807, 2.05) is 6.08 Å². The predicted octanol–water partition coefficient (Wildman–Crippen LogP) is 4.27. The number of rotatable bonds is 3. The van der Waals surface area contributed by atoms with E-state index in [0.717, 1.165) is 18.8 Å². The first-order chi connectivity index (χ1) is 8.13. The predicted molar refractivity (Wildman–Crippen MR) is 74.3 cm³/mol. The van der Waals surface area contributed by atoms with Crippen molar-refractivity contribution >= 4 is 18.6 Å². The Labute approximate surface area is 110 Å². The first-order valence-electron chi connectivity index (χ1n) is 6.77. The molecule has 2 unspecified atom stereocenters. The molecule has 98 valence electrons. The molecule has 1 N–H and O–H groups in total. The van der Waals surface area contributed by atoms with Crippen LogP contribution >= 0.6 is 12.6 Å². The molecule has 0 bridgehead atoms. The molecule has 0 aromatic carbocycles. The van der Waals surface area contributed by atoms with E-state index in [0.29, 0.717) is 5.92 Å². The number of aliphatic carboxylic acids is 1. The van der Waals surface area contributed by atoms with Gasteiger partial charge >= 0.3 is 5.97 Å². The van der Waals surface area contributed by atoms with Gasteiger partial charge in [0.15, 0.2) is 0 Å². The van der Waals surface area contributed by atoms with Gasteiger partial charge in [-0.2, -0.15) is 0 Å². The minimum atomic E-state index is -0.903. The average Bonchev–Trinajstić information content (AvgIpc) is 2.41. The standard InChI is InChI=1S/C14H24O2S/c1-2-11-6-3-4-7-12(9-5-8-11)10-13(17)14(15)16/h10-12,17H,2-9H2,1H3,(H,15,16)/b13-10-. The Bertz CT molecular complexity index is 273. The third kappa shape index (κ3) is 5.62. The summed E-state index contributed by atoms with van der Waals surface area (Å²) in [6, 6.07) is 0. The largest absolute Gasteiger partial charge is 0.477 e. The van der Waals surface area contributed by atoms with Gasteiger partial charge in [0, 0.05) is 0 Å². The second kappa shape index (κ2) is 7.80. The van der Waals surface area contributed by atoms with Crippen LogP contribution in [0.2, 0.25) is 0 Å². The zero-order valence-corrected chi connectivity index (χ0v) is 11.6. The van der Waals surface area contributed by atoms with E-state index in [-0.39, 0.29) is 4.91 Å². The van der Waals surface area contributed by atoms with Gasteiger partial charge in [-0.05, 0) is 24.7 Å². The van der Waals surface area contributed by atoms with Crippen LogP contribution < -0.4 is 0 Å². The lowest BCUT2D eigenvalue weighted by Gasteiger charge is -2.13. The van der Waals surface area contributed by atoms with Crippen molar-refractivity contribution in [2.45, 2.75) is 58.3 Å². The van der Waals surface area contributed by atoms with E-state index in [4.69, 9.17) is 5.11 Å². The molecule has 0 aromatic rings. The summed E-state index contributed by atoms with van der Waals surface area (Å²) in [6.45, 7) is 2.27. The molecule has 3 heteroatoms. The van der Waals surface area contributed by atoms with E-state index < -0.39 is 5.97 Å². The van der Waals surface area contributed by atoms with E-state index >= 15 is 0 Å². The third-order valence-electron chi connectivity index (χ3n) is 3.81. The van der Waals surface area contributed by atoms with Gasteiger partial charge in [0.05, 0.1) is 4.91 Å². The van der Waals surface area contributed by atoms with E-state index in [1.54, 1.807) is 0 Å². The number of allylic oxidation sites excluding steroid dienone is 1. The lowest BCUT2D eigenvalue weighted by atomic mass is 9.94. The highest BCUT2D eigenvalue weighted by atomic mass is 32.1. The summed E-state index contributed by atoms with van der Waals surface area (Å²) in [5.74, 6) is 0.390. The van der Waals surface area contributed by atoms with Crippen LogP contribution in [0.25, 0.3) is 0 Å². The molecule has 1 saturated carbocycles. The summed E-state index contributed by atoms with van der Waals surface area (Å²) < 4.78 is 0. The van der Waals surface area contributed by atoms with Crippen molar-refractivity contribution in [3.63, 3.8) is 0 Å². The van der Waals surface area contributed by atoms with Crippen molar-refractivity contribution < 1.29 is 9.90 Å². The Hall–Kier alpha value is -0.440. The second-order valence-electron chi connectivity index (χ2n) is 5.11. The van der Waals surface area contributed by atoms with Gasteiger partial charge in [0.1, 0.15) is 0 Å². The van der Waals surface area contributed by atoms with Crippen LogP contribution in [-0.2, 0) is 4.79 Å². The molecule has 2 atom stereocenters. The minimum absolute atomic E-state index is 0.210. The van der Waals surface area contributed by atoms with Crippen molar-refractivity contribution in [1.29, 1.82) is 0 Å². The quantitative estimate of drug-likeness (QED) is 0.584. The van der Waals surface area contributed by atoms with E-state index in [1.165, 1.54) is 38.5 Å². The Morgan fingerprint density at radius 1 is 1.24 bits per heavy atom. The maximum Gasteiger partial charge on any atom is 0.341 e. The Kier molecular flexibility index (Phi) is 6.71. The van der Waals surface area contributed by atoms with Gasteiger partial charge in [-0.25, -0.2) is 4.79 Å². The molecule has 0 heterocycles. The maximum absolute atomic E-state index is 10.7. The second-order valence-corrected chi connectivity index (χ2v) is 5.59. The monoisotopic (exact) mass is 256 g/mol. The Morgan fingerprint density at radius 2 is 1.82 bits per heavy atom. The van der Waals surface area contributed by atoms with Crippen LogP contribution in [-0.4, -0.2) is 11.1 Å². The third-order valence-corrected chi connectivity index (χ3v) is 4.15. The molecule has 17 heavy (non-hydrogen) atoms. The fourth-order valence-electron chi connectivity index (χ4n) is 2.67. The molecule has 1 aliphatic rings. The number of hydrogen-bond acceptors (Lipinski definition) is 2. The normalized spacial score (nSPS) is 28.0. The molecule has 0 aromatic heterocycles. The molecule has 1 aliphatic carbocycles. The van der Waals surface area contributed by atoms with Gasteiger partial charge in [-0.1, -0.05) is 51.5 Å². The SMILES string of the molecule is CCC1CCCCC(/C=C(\S)C(=O)O)CCC1. The van der Waals surface area contributed by atoms with Crippen molar-refractivity contribution in [3.8, 4) is 0 Å². The molecule has 0 amide bonds. The summed E-state index contributed by atoms with van der Waals surface area (Å²) in [6.07, 6.45) is 11.7. The highest BCUT2D eigenvalue weighted by molar-refractivity contribution is 7.85. The number of carboxylic acids is 1. The van der Waals surface area contributed by atoms with Gasteiger partial charge in [-0.3, -0.25) is 0 Å². The van der Waals surface area contributed by atoms with E-state index in [2.05, 4.69) is 19.6 Å². The molecule has 1 fully saturated rings. The van der Waals surface area contributed by atoms with Crippen molar-refractivity contribution in [3.05, 3.63) is 11.0 Å². The molecule has 0 radical (unpaired) electrons. The number of thiol groups is 1. The summed E-state index contributed by atoms with van der Waals surface area (Å²) in [5, 5.41) is 8.83. The molecule has 1 rings (SSSR count).